The molecule has 0 unspecified atom stereocenters. The van der Waals surface area contributed by atoms with Gasteiger partial charge in [0, 0.05) is 17.9 Å². The molecule has 0 atom stereocenters. The van der Waals surface area contributed by atoms with Gasteiger partial charge >= 0.3 is 5.97 Å². The van der Waals surface area contributed by atoms with Crippen LogP contribution in [0.5, 0.6) is 5.75 Å². The predicted octanol–water partition coefficient (Wildman–Crippen LogP) is 2.68. The smallest absolute Gasteiger partial charge is 0.339 e. The molecule has 17 heavy (non-hydrogen) atoms. The summed E-state index contributed by atoms with van der Waals surface area (Å²) in [6, 6.07) is 5.23. The number of methoxy groups -OCH3 is 2. The van der Waals surface area contributed by atoms with E-state index in [1.54, 1.807) is 25.3 Å². The fraction of sp³-hybridized carbons (Fsp3) is 0.417. The highest BCUT2D eigenvalue weighted by molar-refractivity contribution is 9.09. The molecule has 1 N–H and O–H groups in total. The SMILES string of the molecule is COC(=O)c1ccc(OC)cc1NCCCBr. The molecule has 0 radical (unpaired) electrons. The van der Waals surface area contributed by atoms with Crippen LogP contribution >= 0.6 is 15.9 Å². The van der Waals surface area contributed by atoms with Crippen molar-refractivity contribution in [3.05, 3.63) is 23.8 Å². The number of alkyl halides is 1. The van der Waals surface area contributed by atoms with Crippen LogP contribution in [0.4, 0.5) is 5.69 Å². The molecule has 0 aromatic heterocycles. The summed E-state index contributed by atoms with van der Waals surface area (Å²) in [5.41, 5.74) is 1.25. The lowest BCUT2D eigenvalue weighted by Crippen LogP contribution is -2.09. The van der Waals surface area contributed by atoms with Crippen LogP contribution < -0.4 is 10.1 Å². The van der Waals surface area contributed by atoms with E-state index in [4.69, 9.17) is 9.47 Å². The van der Waals surface area contributed by atoms with Crippen LogP contribution in [0, 0.1) is 0 Å². The molecular formula is C12H16BrNO3. The molecule has 5 heteroatoms. The zero-order valence-electron chi connectivity index (χ0n) is 9.96. The third-order valence-electron chi connectivity index (χ3n) is 2.26. The van der Waals surface area contributed by atoms with Crippen molar-refractivity contribution in [3.63, 3.8) is 0 Å². The number of hydrogen-bond acceptors (Lipinski definition) is 4. The first-order valence-electron chi connectivity index (χ1n) is 5.29. The molecule has 0 spiro atoms. The van der Waals surface area contributed by atoms with Gasteiger partial charge in [-0.2, -0.15) is 0 Å². The van der Waals surface area contributed by atoms with Gasteiger partial charge in [-0.25, -0.2) is 4.79 Å². The molecular weight excluding hydrogens is 286 g/mol. The van der Waals surface area contributed by atoms with Crippen LogP contribution in [0.1, 0.15) is 16.8 Å². The molecule has 0 aliphatic carbocycles. The Morgan fingerprint density at radius 1 is 1.41 bits per heavy atom. The van der Waals surface area contributed by atoms with E-state index in [1.165, 1.54) is 7.11 Å². The summed E-state index contributed by atoms with van der Waals surface area (Å²) in [4.78, 5) is 11.6. The van der Waals surface area contributed by atoms with Crippen molar-refractivity contribution in [2.45, 2.75) is 6.42 Å². The Kier molecular flexibility index (Phi) is 5.83. The van der Waals surface area contributed by atoms with Gasteiger partial charge in [-0.3, -0.25) is 0 Å². The number of carbonyl (C=O) groups is 1. The van der Waals surface area contributed by atoms with Gasteiger partial charge in [0.15, 0.2) is 0 Å². The zero-order chi connectivity index (χ0) is 12.7. The van der Waals surface area contributed by atoms with Crippen LogP contribution in [0.25, 0.3) is 0 Å². The first-order valence-corrected chi connectivity index (χ1v) is 6.41. The van der Waals surface area contributed by atoms with Gasteiger partial charge in [0.1, 0.15) is 5.75 Å². The zero-order valence-corrected chi connectivity index (χ0v) is 11.5. The fourth-order valence-corrected chi connectivity index (χ4v) is 1.65. The summed E-state index contributed by atoms with van der Waals surface area (Å²) < 4.78 is 9.86. The first-order chi connectivity index (χ1) is 8.22. The molecule has 1 aromatic carbocycles. The van der Waals surface area contributed by atoms with E-state index in [0.29, 0.717) is 11.3 Å². The number of benzene rings is 1. The van der Waals surface area contributed by atoms with Gasteiger partial charge in [0.2, 0.25) is 0 Å². The third-order valence-corrected chi connectivity index (χ3v) is 2.82. The summed E-state index contributed by atoms with van der Waals surface area (Å²) in [6.07, 6.45) is 0.970. The Bertz CT molecular complexity index is 382. The third kappa shape index (κ3) is 3.93. The van der Waals surface area contributed by atoms with E-state index in [1.807, 2.05) is 0 Å². The molecule has 0 saturated heterocycles. The molecule has 0 saturated carbocycles. The number of rotatable bonds is 6. The Morgan fingerprint density at radius 2 is 2.18 bits per heavy atom. The summed E-state index contributed by atoms with van der Waals surface area (Å²) in [6.45, 7) is 0.780. The molecule has 0 heterocycles. The number of ether oxygens (including phenoxy) is 2. The highest BCUT2D eigenvalue weighted by Crippen LogP contribution is 2.23. The molecule has 1 rings (SSSR count). The normalized spacial score (nSPS) is 9.82. The molecule has 0 aliphatic heterocycles. The second kappa shape index (κ2) is 7.17. The number of nitrogens with one attached hydrogen (secondary N) is 1. The van der Waals surface area contributed by atoms with Crippen molar-refractivity contribution in [3.8, 4) is 5.75 Å². The van der Waals surface area contributed by atoms with E-state index < -0.39 is 0 Å². The molecule has 94 valence electrons. The maximum Gasteiger partial charge on any atom is 0.339 e. The lowest BCUT2D eigenvalue weighted by molar-refractivity contribution is 0.0602. The summed E-state index contributed by atoms with van der Waals surface area (Å²) in [5.74, 6) is 0.355. The minimum atomic E-state index is -0.353. The van der Waals surface area contributed by atoms with Gasteiger partial charge in [-0.05, 0) is 18.6 Å². The standard InChI is InChI=1S/C12H16BrNO3/c1-16-9-4-5-10(12(15)17-2)11(8-9)14-7-3-6-13/h4-5,8,14H,3,6-7H2,1-2H3. The van der Waals surface area contributed by atoms with Gasteiger partial charge < -0.3 is 14.8 Å². The van der Waals surface area contributed by atoms with E-state index in [-0.39, 0.29) is 5.97 Å². The first kappa shape index (κ1) is 13.8. The Balaban J connectivity index is 2.90. The Hall–Kier alpha value is -1.23. The summed E-state index contributed by atoms with van der Waals surface area (Å²) >= 11 is 3.36. The minimum absolute atomic E-state index is 0.353. The fourth-order valence-electron chi connectivity index (χ4n) is 1.37. The van der Waals surface area contributed by atoms with Crippen LogP contribution in [0.2, 0.25) is 0 Å². The lowest BCUT2D eigenvalue weighted by atomic mass is 10.1. The Labute approximate surface area is 109 Å². The average Bonchev–Trinajstić information content (AvgIpc) is 2.38. The van der Waals surface area contributed by atoms with Crippen molar-refractivity contribution < 1.29 is 14.3 Å². The van der Waals surface area contributed by atoms with Gasteiger partial charge in [0.25, 0.3) is 0 Å². The predicted molar refractivity (Wildman–Crippen MR) is 71.2 cm³/mol. The van der Waals surface area contributed by atoms with Gasteiger partial charge in [-0.1, -0.05) is 15.9 Å². The number of esters is 1. The number of anilines is 1. The van der Waals surface area contributed by atoms with Crippen LogP contribution in [0.3, 0.4) is 0 Å². The molecule has 0 aliphatic rings. The second-order valence-electron chi connectivity index (χ2n) is 3.37. The van der Waals surface area contributed by atoms with E-state index in [0.717, 1.165) is 24.0 Å². The molecule has 0 bridgehead atoms. The molecule has 1 aromatic rings. The molecule has 4 nitrogen and oxygen atoms in total. The van der Waals surface area contributed by atoms with Crippen molar-refractivity contribution in [2.75, 3.05) is 31.4 Å². The average molecular weight is 302 g/mol. The maximum atomic E-state index is 11.6. The highest BCUT2D eigenvalue weighted by Gasteiger charge is 2.12. The minimum Gasteiger partial charge on any atom is -0.497 e. The summed E-state index contributed by atoms with van der Waals surface area (Å²) in [5, 5.41) is 4.11. The maximum absolute atomic E-state index is 11.6. The van der Waals surface area contributed by atoms with Gasteiger partial charge in [-0.15, -0.1) is 0 Å². The lowest BCUT2D eigenvalue weighted by Gasteiger charge is -2.11. The van der Waals surface area contributed by atoms with Crippen molar-refractivity contribution >= 4 is 27.6 Å². The summed E-state index contributed by atoms with van der Waals surface area (Å²) in [7, 11) is 2.96. The number of carbonyl (C=O) groups excluding carboxylic acids is 1. The van der Waals surface area contributed by atoms with Crippen molar-refractivity contribution in [1.29, 1.82) is 0 Å². The van der Waals surface area contributed by atoms with Crippen LogP contribution in [-0.2, 0) is 4.74 Å². The van der Waals surface area contributed by atoms with Crippen LogP contribution in [-0.4, -0.2) is 32.1 Å². The number of hydrogen-bond donors (Lipinski definition) is 1. The molecule has 0 amide bonds. The van der Waals surface area contributed by atoms with E-state index in [2.05, 4.69) is 21.2 Å². The van der Waals surface area contributed by atoms with Crippen molar-refractivity contribution in [2.24, 2.45) is 0 Å². The highest BCUT2D eigenvalue weighted by atomic mass is 79.9. The topological polar surface area (TPSA) is 47.6 Å². The van der Waals surface area contributed by atoms with Crippen LogP contribution in [0.15, 0.2) is 18.2 Å². The largest absolute Gasteiger partial charge is 0.497 e. The quantitative estimate of drug-likeness (QED) is 0.498. The van der Waals surface area contributed by atoms with E-state index in [9.17, 15) is 4.79 Å². The van der Waals surface area contributed by atoms with Crippen molar-refractivity contribution in [1.82, 2.24) is 0 Å². The molecule has 0 fully saturated rings. The monoisotopic (exact) mass is 301 g/mol. The van der Waals surface area contributed by atoms with Gasteiger partial charge in [0.05, 0.1) is 25.5 Å². The van der Waals surface area contributed by atoms with E-state index >= 15 is 0 Å². The Morgan fingerprint density at radius 3 is 2.76 bits per heavy atom. The second-order valence-corrected chi connectivity index (χ2v) is 4.17. The number of halogens is 1.